The molecule has 0 spiro atoms. The van der Waals surface area contributed by atoms with E-state index in [-0.39, 0.29) is 0 Å². The summed E-state index contributed by atoms with van der Waals surface area (Å²) in [5, 5.41) is 1.23. The van der Waals surface area contributed by atoms with Gasteiger partial charge >= 0.3 is 0 Å². The molecule has 1 aliphatic carbocycles. The van der Waals surface area contributed by atoms with Crippen molar-refractivity contribution < 1.29 is 0 Å². The minimum absolute atomic E-state index is 0.920. The van der Waals surface area contributed by atoms with E-state index >= 15 is 0 Å². The highest BCUT2D eigenvalue weighted by atomic mass is 32.1. The van der Waals surface area contributed by atoms with Gasteiger partial charge in [0.15, 0.2) is 0 Å². The Hall–Kier alpha value is -2.14. The van der Waals surface area contributed by atoms with Crippen LogP contribution < -0.4 is 15.2 Å². The summed E-state index contributed by atoms with van der Waals surface area (Å²) in [6.45, 7) is 7.85. The van der Waals surface area contributed by atoms with Crippen LogP contribution in [0.2, 0.25) is 0 Å². The SMILES string of the molecule is CCCCCCCCCCCCCCCCCc1cc2nc3ccc(N4CCCCC4)cc3sc-2c(N(C)C)c1=NCCCCCC. The number of unbranched alkanes of at least 4 members (excludes halogenated alkanes) is 17. The molecule has 4 nitrogen and oxygen atoms in total. The van der Waals surface area contributed by atoms with E-state index in [0.717, 1.165) is 24.2 Å². The van der Waals surface area contributed by atoms with Crippen molar-refractivity contribution >= 4 is 32.9 Å². The molecule has 3 aliphatic rings. The highest BCUT2D eigenvalue weighted by molar-refractivity contribution is 7.22. The van der Waals surface area contributed by atoms with Crippen molar-refractivity contribution in [3.05, 3.63) is 35.2 Å². The largest absolute Gasteiger partial charge is 0.375 e. The van der Waals surface area contributed by atoms with E-state index in [2.05, 4.69) is 62.0 Å². The van der Waals surface area contributed by atoms with Crippen molar-refractivity contribution in [3.63, 3.8) is 0 Å². The van der Waals surface area contributed by atoms with Crippen molar-refractivity contribution in [2.75, 3.05) is 43.5 Å². The summed E-state index contributed by atoms with van der Waals surface area (Å²) in [5.41, 5.74) is 6.28. The highest BCUT2D eigenvalue weighted by Crippen LogP contribution is 2.38. The van der Waals surface area contributed by atoms with E-state index in [0.29, 0.717) is 0 Å². The molecule has 1 aromatic carbocycles. The fraction of sp³-hybridized carbons (Fsp3) is 0.714. The van der Waals surface area contributed by atoms with Gasteiger partial charge in [-0.1, -0.05) is 123 Å². The Balaban J connectivity index is 1.39. The first-order valence-electron chi connectivity index (χ1n) is 20.0. The maximum Gasteiger partial charge on any atom is 0.0855 e. The average molecular weight is 661 g/mol. The Morgan fingerprint density at radius 1 is 0.702 bits per heavy atom. The number of rotatable bonds is 23. The molecule has 262 valence electrons. The summed E-state index contributed by atoms with van der Waals surface area (Å²) in [6, 6.07) is 9.33. The zero-order valence-electron chi connectivity index (χ0n) is 30.9. The molecular weight excluding hydrogens is 593 g/mol. The molecule has 0 N–H and O–H groups in total. The molecule has 0 amide bonds. The lowest BCUT2D eigenvalue weighted by Crippen LogP contribution is -2.29. The van der Waals surface area contributed by atoms with Gasteiger partial charge in [-0.15, -0.1) is 11.3 Å². The van der Waals surface area contributed by atoms with E-state index < -0.39 is 0 Å². The van der Waals surface area contributed by atoms with E-state index in [1.807, 2.05) is 11.3 Å². The second-order valence-electron chi connectivity index (χ2n) is 14.5. The van der Waals surface area contributed by atoms with Gasteiger partial charge < -0.3 is 9.80 Å². The van der Waals surface area contributed by atoms with Crippen LogP contribution in [-0.4, -0.2) is 38.7 Å². The van der Waals surface area contributed by atoms with Crippen molar-refractivity contribution in [2.45, 2.75) is 162 Å². The van der Waals surface area contributed by atoms with Gasteiger partial charge in [-0.2, -0.15) is 0 Å². The number of anilines is 2. The third-order valence-corrected chi connectivity index (χ3v) is 11.3. The van der Waals surface area contributed by atoms with Gasteiger partial charge in [0.05, 0.1) is 31.8 Å². The molecule has 0 bridgehead atoms. The van der Waals surface area contributed by atoms with Crippen LogP contribution in [-0.2, 0) is 6.42 Å². The van der Waals surface area contributed by atoms with Crippen LogP contribution in [0.15, 0.2) is 29.3 Å². The van der Waals surface area contributed by atoms with E-state index in [4.69, 9.17) is 9.98 Å². The molecule has 0 radical (unpaired) electrons. The van der Waals surface area contributed by atoms with Gasteiger partial charge in [0.1, 0.15) is 0 Å². The summed E-state index contributed by atoms with van der Waals surface area (Å²) in [4.78, 5) is 16.8. The molecule has 1 saturated heterocycles. The fourth-order valence-corrected chi connectivity index (χ4v) is 8.53. The van der Waals surface area contributed by atoms with E-state index in [9.17, 15) is 0 Å². The molecule has 2 aliphatic heterocycles. The first-order valence-corrected chi connectivity index (χ1v) is 20.8. The number of aryl methyl sites for hydroxylation is 1. The molecule has 2 heterocycles. The zero-order valence-corrected chi connectivity index (χ0v) is 31.7. The predicted molar refractivity (Wildman–Crippen MR) is 210 cm³/mol. The van der Waals surface area contributed by atoms with Gasteiger partial charge in [0, 0.05) is 39.4 Å². The third-order valence-electron chi connectivity index (χ3n) is 10.2. The number of aromatic nitrogens is 1. The number of piperidine rings is 1. The lowest BCUT2D eigenvalue weighted by atomic mass is 10.0. The van der Waals surface area contributed by atoms with Crippen molar-refractivity contribution in [2.24, 2.45) is 4.99 Å². The molecule has 47 heavy (non-hydrogen) atoms. The molecule has 5 heteroatoms. The molecule has 1 fully saturated rings. The highest BCUT2D eigenvalue weighted by Gasteiger charge is 2.20. The number of hydrogen-bond donors (Lipinski definition) is 0. The number of hydrogen-bond acceptors (Lipinski definition) is 5. The lowest BCUT2D eigenvalue weighted by Gasteiger charge is -2.29. The first kappa shape index (κ1) is 37.7. The Morgan fingerprint density at radius 2 is 1.28 bits per heavy atom. The summed E-state index contributed by atoms with van der Waals surface area (Å²) in [6.07, 6.45) is 31.1. The van der Waals surface area contributed by atoms with Crippen LogP contribution in [0.5, 0.6) is 0 Å². The summed E-state index contributed by atoms with van der Waals surface area (Å²) < 4.78 is 1.28. The van der Waals surface area contributed by atoms with Crippen LogP contribution in [0.25, 0.3) is 20.8 Å². The smallest absolute Gasteiger partial charge is 0.0855 e. The second-order valence-corrected chi connectivity index (χ2v) is 15.6. The van der Waals surface area contributed by atoms with Gasteiger partial charge in [-0.3, -0.25) is 4.99 Å². The predicted octanol–water partition coefficient (Wildman–Crippen LogP) is 12.4. The fourth-order valence-electron chi connectivity index (χ4n) is 7.33. The Morgan fingerprint density at radius 3 is 1.87 bits per heavy atom. The van der Waals surface area contributed by atoms with Gasteiger partial charge in [-0.05, 0) is 68.4 Å². The Kier molecular flexibility index (Phi) is 17.4. The van der Waals surface area contributed by atoms with Gasteiger partial charge in [-0.25, -0.2) is 4.98 Å². The number of nitrogens with zero attached hydrogens (tertiary/aromatic N) is 4. The van der Waals surface area contributed by atoms with E-state index in [1.165, 1.54) is 186 Å². The lowest BCUT2D eigenvalue weighted by molar-refractivity contribution is 0.532. The first-order chi connectivity index (χ1) is 23.1. The number of fused-ring (bicyclic) bond motifs is 2. The van der Waals surface area contributed by atoms with Crippen LogP contribution in [0, 0.1) is 0 Å². The number of benzene rings is 2. The van der Waals surface area contributed by atoms with Crippen LogP contribution >= 0.6 is 11.3 Å². The Labute approximate surface area is 292 Å². The Bertz CT molecular complexity index is 1320. The average Bonchev–Trinajstić information content (AvgIpc) is 3.09. The van der Waals surface area contributed by atoms with Crippen LogP contribution in [0.4, 0.5) is 11.4 Å². The summed E-state index contributed by atoms with van der Waals surface area (Å²) >= 11 is 1.91. The molecular formula is C42H68N4S. The molecule has 1 aromatic rings. The van der Waals surface area contributed by atoms with Crippen molar-refractivity contribution in [3.8, 4) is 10.6 Å². The molecule has 0 unspecified atom stereocenters. The summed E-state index contributed by atoms with van der Waals surface area (Å²) in [7, 11) is 4.40. The van der Waals surface area contributed by atoms with Crippen molar-refractivity contribution in [1.29, 1.82) is 0 Å². The van der Waals surface area contributed by atoms with Gasteiger partial charge in [0.2, 0.25) is 0 Å². The second kappa shape index (κ2) is 21.8. The molecule has 0 saturated carbocycles. The molecule has 4 rings (SSSR count). The maximum atomic E-state index is 5.34. The standard InChI is InChI=1S/C42H68N4S/c1-5-7-9-11-12-13-14-15-16-17-18-19-20-21-23-27-35-33-38-42(41(45(3)4)40(35)43-30-24-10-8-6-2)47-39-34-36(28-29-37(39)44-38)46-31-25-22-26-32-46/h28-29,33-34H,5-27,30-32H2,1-4H3. The monoisotopic (exact) mass is 661 g/mol. The third kappa shape index (κ3) is 12.4. The van der Waals surface area contributed by atoms with Crippen LogP contribution in [0.3, 0.4) is 0 Å². The van der Waals surface area contributed by atoms with Gasteiger partial charge in [0.25, 0.3) is 0 Å². The maximum absolute atomic E-state index is 5.34. The zero-order chi connectivity index (χ0) is 33.1. The summed E-state index contributed by atoms with van der Waals surface area (Å²) in [5.74, 6) is 0. The quantitative estimate of drug-likeness (QED) is 0.0749. The minimum Gasteiger partial charge on any atom is -0.375 e. The van der Waals surface area contributed by atoms with Crippen molar-refractivity contribution in [1.82, 2.24) is 4.98 Å². The van der Waals surface area contributed by atoms with Crippen LogP contribution in [0.1, 0.15) is 161 Å². The topological polar surface area (TPSA) is 31.7 Å². The minimum atomic E-state index is 0.920. The normalized spacial score (nSPS) is 14.1. The molecule has 0 atom stereocenters. The molecule has 0 aromatic heterocycles. The van der Waals surface area contributed by atoms with E-state index in [1.54, 1.807) is 0 Å².